The van der Waals surface area contributed by atoms with Gasteiger partial charge in [-0.15, -0.1) is 0 Å². The third-order valence-corrected chi connectivity index (χ3v) is 3.81. The van der Waals surface area contributed by atoms with Crippen LogP contribution in [0.15, 0.2) is 0 Å². The largest absolute Gasteiger partial charge is 0.349 e. The third kappa shape index (κ3) is 5.36. The summed E-state index contributed by atoms with van der Waals surface area (Å²) < 4.78 is 0. The Balaban J connectivity index is 2.26. The molecule has 1 unspecified atom stereocenters. The molecular weight excluding hydrogens is 226 g/mol. The minimum atomic E-state index is 0.249. The number of nitrogens with zero attached hydrogens (tertiary/aromatic N) is 2. The number of hydrogen-bond donors (Lipinski definition) is 1. The fourth-order valence-electron chi connectivity index (χ4n) is 2.65. The molecule has 0 aromatic heterocycles. The predicted octanol–water partition coefficient (Wildman–Crippen LogP) is 1.32. The summed E-state index contributed by atoms with van der Waals surface area (Å²) in [6.07, 6.45) is 6.91. The maximum atomic E-state index is 11.5. The Labute approximate surface area is 112 Å². The second-order valence-electron chi connectivity index (χ2n) is 5.47. The molecule has 1 aliphatic rings. The summed E-state index contributed by atoms with van der Waals surface area (Å²) in [6, 6.07) is 0.723. The zero-order valence-electron chi connectivity index (χ0n) is 12.2. The van der Waals surface area contributed by atoms with Gasteiger partial charge < -0.3 is 15.1 Å². The van der Waals surface area contributed by atoms with Crippen LogP contribution >= 0.6 is 0 Å². The van der Waals surface area contributed by atoms with Gasteiger partial charge in [0.25, 0.3) is 0 Å². The van der Waals surface area contributed by atoms with Crippen LogP contribution < -0.4 is 5.32 Å². The first-order valence-electron chi connectivity index (χ1n) is 7.24. The highest BCUT2D eigenvalue weighted by molar-refractivity contribution is 5.75. The standard InChI is InChI=1S/C14H29N3O/c1-15-10-9-13-7-4-5-11-17(13)12-6-8-14(18)16(2)3/h13,15H,4-12H2,1-3H3. The van der Waals surface area contributed by atoms with E-state index in [0.29, 0.717) is 6.42 Å². The number of hydrogen-bond acceptors (Lipinski definition) is 3. The van der Waals surface area contributed by atoms with Crippen LogP contribution in [-0.4, -0.2) is 62.5 Å². The molecule has 1 aliphatic heterocycles. The lowest BCUT2D eigenvalue weighted by atomic mass is 9.99. The number of piperidine rings is 1. The molecule has 1 fully saturated rings. The molecule has 0 aromatic rings. The SMILES string of the molecule is CNCCC1CCCCN1CCCC(=O)N(C)C. The zero-order valence-corrected chi connectivity index (χ0v) is 12.2. The Hall–Kier alpha value is -0.610. The molecule has 1 amide bonds. The Bertz CT molecular complexity index is 243. The zero-order chi connectivity index (χ0) is 13.4. The van der Waals surface area contributed by atoms with E-state index in [0.717, 1.165) is 25.6 Å². The van der Waals surface area contributed by atoms with E-state index in [4.69, 9.17) is 0 Å². The normalized spacial score (nSPS) is 20.9. The molecule has 4 nitrogen and oxygen atoms in total. The second-order valence-corrected chi connectivity index (χ2v) is 5.47. The molecule has 1 saturated heterocycles. The minimum absolute atomic E-state index is 0.249. The highest BCUT2D eigenvalue weighted by Gasteiger charge is 2.21. The molecule has 1 atom stereocenters. The van der Waals surface area contributed by atoms with Crippen LogP contribution in [-0.2, 0) is 4.79 Å². The number of nitrogens with one attached hydrogen (secondary N) is 1. The van der Waals surface area contributed by atoms with Gasteiger partial charge in [0, 0.05) is 26.6 Å². The molecule has 0 spiro atoms. The first-order chi connectivity index (χ1) is 8.65. The number of carbonyl (C=O) groups is 1. The van der Waals surface area contributed by atoms with E-state index in [9.17, 15) is 4.79 Å². The summed E-state index contributed by atoms with van der Waals surface area (Å²) in [5, 5.41) is 3.24. The Kier molecular flexibility index (Phi) is 7.28. The molecular formula is C14H29N3O. The average Bonchev–Trinajstić information content (AvgIpc) is 2.37. The molecule has 0 saturated carbocycles. The van der Waals surface area contributed by atoms with E-state index < -0.39 is 0 Å². The molecule has 0 bridgehead atoms. The first kappa shape index (κ1) is 15.4. The molecule has 1 N–H and O–H groups in total. The van der Waals surface area contributed by atoms with Crippen LogP contribution in [0.2, 0.25) is 0 Å². The van der Waals surface area contributed by atoms with Gasteiger partial charge in [-0.2, -0.15) is 0 Å². The summed E-state index contributed by atoms with van der Waals surface area (Å²) in [5.74, 6) is 0.249. The van der Waals surface area contributed by atoms with Gasteiger partial charge >= 0.3 is 0 Å². The van der Waals surface area contributed by atoms with Gasteiger partial charge in [0.1, 0.15) is 0 Å². The van der Waals surface area contributed by atoms with Gasteiger partial charge in [-0.1, -0.05) is 6.42 Å². The van der Waals surface area contributed by atoms with Gasteiger partial charge in [0.05, 0.1) is 0 Å². The summed E-state index contributed by atoms with van der Waals surface area (Å²) in [6.45, 7) is 3.39. The van der Waals surface area contributed by atoms with Crippen molar-refractivity contribution in [3.63, 3.8) is 0 Å². The van der Waals surface area contributed by atoms with E-state index in [1.54, 1.807) is 4.90 Å². The third-order valence-electron chi connectivity index (χ3n) is 3.81. The van der Waals surface area contributed by atoms with Crippen molar-refractivity contribution < 1.29 is 4.79 Å². The maximum absolute atomic E-state index is 11.5. The monoisotopic (exact) mass is 255 g/mol. The van der Waals surface area contributed by atoms with Crippen molar-refractivity contribution >= 4 is 5.91 Å². The van der Waals surface area contributed by atoms with Crippen molar-refractivity contribution in [2.75, 3.05) is 40.8 Å². The van der Waals surface area contributed by atoms with Crippen LogP contribution in [0.4, 0.5) is 0 Å². The van der Waals surface area contributed by atoms with Gasteiger partial charge in [-0.05, 0) is 52.4 Å². The summed E-state index contributed by atoms with van der Waals surface area (Å²) in [7, 11) is 5.68. The predicted molar refractivity (Wildman–Crippen MR) is 75.7 cm³/mol. The fraction of sp³-hybridized carbons (Fsp3) is 0.929. The highest BCUT2D eigenvalue weighted by Crippen LogP contribution is 2.19. The molecule has 4 heteroatoms. The molecule has 106 valence electrons. The van der Waals surface area contributed by atoms with Gasteiger partial charge in [0.2, 0.25) is 5.91 Å². The van der Waals surface area contributed by atoms with Crippen LogP contribution in [0.5, 0.6) is 0 Å². The van der Waals surface area contributed by atoms with Gasteiger partial charge in [-0.25, -0.2) is 0 Å². The number of rotatable bonds is 7. The van der Waals surface area contributed by atoms with E-state index in [1.807, 2.05) is 21.1 Å². The minimum Gasteiger partial charge on any atom is -0.349 e. The molecule has 1 rings (SSSR count). The van der Waals surface area contributed by atoms with Crippen molar-refractivity contribution in [3.8, 4) is 0 Å². The summed E-state index contributed by atoms with van der Waals surface area (Å²) >= 11 is 0. The van der Waals surface area contributed by atoms with Crippen LogP contribution in [0.3, 0.4) is 0 Å². The topological polar surface area (TPSA) is 35.6 Å². The van der Waals surface area contributed by atoms with Crippen molar-refractivity contribution in [1.29, 1.82) is 0 Å². The Morgan fingerprint density at radius 2 is 2.17 bits per heavy atom. The van der Waals surface area contributed by atoms with Gasteiger partial charge in [0.15, 0.2) is 0 Å². The smallest absolute Gasteiger partial charge is 0.222 e. The van der Waals surface area contributed by atoms with Crippen molar-refractivity contribution in [1.82, 2.24) is 15.1 Å². The fourth-order valence-corrected chi connectivity index (χ4v) is 2.65. The van der Waals surface area contributed by atoms with E-state index >= 15 is 0 Å². The molecule has 0 aromatic carbocycles. The molecule has 18 heavy (non-hydrogen) atoms. The summed E-state index contributed by atoms with van der Waals surface area (Å²) in [5.41, 5.74) is 0. The lowest BCUT2D eigenvalue weighted by Gasteiger charge is -2.35. The second kappa shape index (κ2) is 8.48. The quantitative estimate of drug-likeness (QED) is 0.745. The van der Waals surface area contributed by atoms with Crippen LogP contribution in [0.25, 0.3) is 0 Å². The van der Waals surface area contributed by atoms with Crippen LogP contribution in [0, 0.1) is 0 Å². The lowest BCUT2D eigenvalue weighted by molar-refractivity contribution is -0.128. The van der Waals surface area contributed by atoms with Crippen molar-refractivity contribution in [3.05, 3.63) is 0 Å². The highest BCUT2D eigenvalue weighted by atomic mass is 16.2. The number of carbonyl (C=O) groups excluding carboxylic acids is 1. The van der Waals surface area contributed by atoms with E-state index in [2.05, 4.69) is 10.2 Å². The average molecular weight is 255 g/mol. The maximum Gasteiger partial charge on any atom is 0.222 e. The number of amides is 1. The molecule has 0 radical (unpaired) electrons. The first-order valence-corrected chi connectivity index (χ1v) is 7.24. The van der Waals surface area contributed by atoms with E-state index in [-0.39, 0.29) is 5.91 Å². The van der Waals surface area contributed by atoms with Gasteiger partial charge in [-0.3, -0.25) is 4.79 Å². The molecule has 0 aliphatic carbocycles. The summed E-state index contributed by atoms with van der Waals surface area (Å²) in [4.78, 5) is 15.8. The van der Waals surface area contributed by atoms with Crippen molar-refractivity contribution in [2.45, 2.75) is 44.6 Å². The Morgan fingerprint density at radius 3 is 2.83 bits per heavy atom. The van der Waals surface area contributed by atoms with Crippen LogP contribution in [0.1, 0.15) is 38.5 Å². The number of likely N-dealkylation sites (tertiary alicyclic amines) is 1. The lowest BCUT2D eigenvalue weighted by Crippen LogP contribution is -2.41. The Morgan fingerprint density at radius 1 is 1.39 bits per heavy atom. The van der Waals surface area contributed by atoms with Crippen molar-refractivity contribution in [2.24, 2.45) is 0 Å². The van der Waals surface area contributed by atoms with E-state index in [1.165, 1.54) is 32.2 Å². The molecule has 1 heterocycles.